The van der Waals surface area contributed by atoms with Crippen LogP contribution in [0.5, 0.6) is 0 Å². The fourth-order valence-electron chi connectivity index (χ4n) is 2.80. The number of hydrogen-bond donors (Lipinski definition) is 1. The zero-order chi connectivity index (χ0) is 18.7. The van der Waals surface area contributed by atoms with Gasteiger partial charge < -0.3 is 15.0 Å². The molecule has 2 aromatic carbocycles. The Bertz CT molecular complexity index is 850. The van der Waals surface area contributed by atoms with Crippen LogP contribution < -0.4 is 10.2 Å². The molecular formula is C18H18BrN3O4. The van der Waals surface area contributed by atoms with Gasteiger partial charge >= 0.3 is 0 Å². The lowest BCUT2D eigenvalue weighted by Crippen LogP contribution is -2.36. The molecular weight excluding hydrogens is 402 g/mol. The zero-order valence-corrected chi connectivity index (χ0v) is 15.8. The number of nitrogens with zero attached hydrogens (tertiary/aromatic N) is 2. The Balaban J connectivity index is 1.86. The third-order valence-electron chi connectivity index (χ3n) is 4.16. The van der Waals surface area contributed by atoms with E-state index in [4.69, 9.17) is 4.74 Å². The van der Waals surface area contributed by atoms with Crippen molar-refractivity contribution < 1.29 is 14.5 Å². The van der Waals surface area contributed by atoms with Crippen LogP contribution in [-0.2, 0) is 4.74 Å². The summed E-state index contributed by atoms with van der Waals surface area (Å²) in [5, 5.41) is 14.3. The number of hydrogen-bond acceptors (Lipinski definition) is 5. The summed E-state index contributed by atoms with van der Waals surface area (Å²) in [4.78, 5) is 25.5. The lowest BCUT2D eigenvalue weighted by atomic mass is 10.1. The van der Waals surface area contributed by atoms with Crippen LogP contribution in [0.2, 0.25) is 0 Å². The number of anilines is 2. The van der Waals surface area contributed by atoms with E-state index in [0.29, 0.717) is 37.7 Å². The molecule has 1 aliphatic heterocycles. The second-order valence-corrected chi connectivity index (χ2v) is 6.85. The van der Waals surface area contributed by atoms with Crippen molar-refractivity contribution in [2.45, 2.75) is 6.92 Å². The molecule has 1 aliphatic rings. The van der Waals surface area contributed by atoms with Crippen molar-refractivity contribution in [2.75, 3.05) is 36.5 Å². The topological polar surface area (TPSA) is 84.7 Å². The maximum Gasteiger partial charge on any atom is 0.293 e. The van der Waals surface area contributed by atoms with E-state index in [0.717, 1.165) is 10.0 Å². The Hall–Kier alpha value is -2.45. The Morgan fingerprint density at radius 2 is 1.96 bits per heavy atom. The molecule has 3 rings (SSSR count). The van der Waals surface area contributed by atoms with Gasteiger partial charge in [-0.25, -0.2) is 0 Å². The van der Waals surface area contributed by atoms with Crippen molar-refractivity contribution in [2.24, 2.45) is 0 Å². The molecule has 0 saturated carbocycles. The number of carbonyl (C=O) groups is 1. The number of amides is 1. The van der Waals surface area contributed by atoms with E-state index in [1.165, 1.54) is 6.07 Å². The lowest BCUT2D eigenvalue weighted by molar-refractivity contribution is -0.384. The Labute approximate surface area is 159 Å². The zero-order valence-electron chi connectivity index (χ0n) is 14.2. The Kier molecular flexibility index (Phi) is 5.53. The van der Waals surface area contributed by atoms with Gasteiger partial charge in [0.15, 0.2) is 0 Å². The van der Waals surface area contributed by atoms with E-state index in [1.807, 2.05) is 24.0 Å². The molecule has 1 fully saturated rings. The standard InChI is InChI=1S/C18H18BrN3O4/c1-12-2-4-15(14(19)10-12)20-18(23)13-3-5-16(17(11-13)22(24)25)21-6-8-26-9-7-21/h2-5,10-11H,6-9H2,1H3,(H,20,23). The SMILES string of the molecule is Cc1ccc(NC(=O)c2ccc(N3CCOCC3)c([N+](=O)[O-])c2)c(Br)c1. The quantitative estimate of drug-likeness (QED) is 0.602. The number of nitrogens with one attached hydrogen (secondary N) is 1. The largest absolute Gasteiger partial charge is 0.378 e. The highest BCUT2D eigenvalue weighted by molar-refractivity contribution is 9.10. The highest BCUT2D eigenvalue weighted by Crippen LogP contribution is 2.31. The Morgan fingerprint density at radius 1 is 1.23 bits per heavy atom. The van der Waals surface area contributed by atoms with E-state index in [2.05, 4.69) is 21.2 Å². The molecule has 2 aromatic rings. The molecule has 1 heterocycles. The first-order valence-electron chi connectivity index (χ1n) is 8.14. The van der Waals surface area contributed by atoms with E-state index < -0.39 is 10.8 Å². The summed E-state index contributed by atoms with van der Waals surface area (Å²) >= 11 is 3.41. The van der Waals surface area contributed by atoms with Crippen LogP contribution in [-0.4, -0.2) is 37.1 Å². The molecule has 0 aromatic heterocycles. The number of benzene rings is 2. The molecule has 136 valence electrons. The summed E-state index contributed by atoms with van der Waals surface area (Å²) in [6, 6.07) is 10.1. The molecule has 0 radical (unpaired) electrons. The highest BCUT2D eigenvalue weighted by Gasteiger charge is 2.23. The number of nitro groups is 1. The second kappa shape index (κ2) is 7.84. The molecule has 0 unspecified atom stereocenters. The van der Waals surface area contributed by atoms with Crippen molar-refractivity contribution in [1.29, 1.82) is 0 Å². The predicted molar refractivity (Wildman–Crippen MR) is 103 cm³/mol. The van der Waals surface area contributed by atoms with Gasteiger partial charge in [-0.1, -0.05) is 6.07 Å². The van der Waals surface area contributed by atoms with Crippen molar-refractivity contribution in [3.63, 3.8) is 0 Å². The molecule has 0 aliphatic carbocycles. The van der Waals surface area contributed by atoms with Gasteiger partial charge in [-0.3, -0.25) is 14.9 Å². The van der Waals surface area contributed by atoms with Gasteiger partial charge in [0.2, 0.25) is 0 Å². The van der Waals surface area contributed by atoms with Crippen molar-refractivity contribution in [3.8, 4) is 0 Å². The van der Waals surface area contributed by atoms with Crippen LogP contribution in [0.1, 0.15) is 15.9 Å². The van der Waals surface area contributed by atoms with Crippen LogP contribution >= 0.6 is 15.9 Å². The highest BCUT2D eigenvalue weighted by atomic mass is 79.9. The van der Waals surface area contributed by atoms with E-state index in [-0.39, 0.29) is 11.3 Å². The van der Waals surface area contributed by atoms with Gasteiger partial charge in [0.25, 0.3) is 11.6 Å². The summed E-state index contributed by atoms with van der Waals surface area (Å²) in [5.74, 6) is -0.397. The van der Waals surface area contributed by atoms with E-state index in [9.17, 15) is 14.9 Å². The van der Waals surface area contributed by atoms with Crippen LogP contribution in [0.4, 0.5) is 17.1 Å². The summed E-state index contributed by atoms with van der Waals surface area (Å²) in [6.45, 7) is 4.18. The summed E-state index contributed by atoms with van der Waals surface area (Å²) in [6.07, 6.45) is 0. The van der Waals surface area contributed by atoms with Crippen LogP contribution in [0.25, 0.3) is 0 Å². The van der Waals surface area contributed by atoms with Crippen LogP contribution in [0.15, 0.2) is 40.9 Å². The molecule has 7 nitrogen and oxygen atoms in total. The fraction of sp³-hybridized carbons (Fsp3) is 0.278. The van der Waals surface area contributed by atoms with E-state index >= 15 is 0 Å². The summed E-state index contributed by atoms with van der Waals surface area (Å²) in [7, 11) is 0. The minimum absolute atomic E-state index is 0.0810. The molecule has 0 atom stereocenters. The lowest BCUT2D eigenvalue weighted by Gasteiger charge is -2.28. The molecule has 0 bridgehead atoms. The predicted octanol–water partition coefficient (Wildman–Crippen LogP) is 3.75. The Morgan fingerprint density at radius 3 is 2.62 bits per heavy atom. The van der Waals surface area contributed by atoms with Gasteiger partial charge in [0.1, 0.15) is 5.69 Å². The van der Waals surface area contributed by atoms with Crippen LogP contribution in [0, 0.1) is 17.0 Å². The molecule has 0 spiro atoms. The normalized spacial score (nSPS) is 14.2. The minimum Gasteiger partial charge on any atom is -0.378 e. The molecule has 26 heavy (non-hydrogen) atoms. The van der Waals surface area contributed by atoms with Gasteiger partial charge in [-0.15, -0.1) is 0 Å². The molecule has 1 saturated heterocycles. The number of carbonyl (C=O) groups excluding carboxylic acids is 1. The third kappa shape index (κ3) is 4.03. The first kappa shape index (κ1) is 18.3. The van der Waals surface area contributed by atoms with Gasteiger partial charge in [0.05, 0.1) is 23.8 Å². The van der Waals surface area contributed by atoms with E-state index in [1.54, 1.807) is 18.2 Å². The number of nitro benzene ring substituents is 1. The van der Waals surface area contributed by atoms with Crippen molar-refractivity contribution in [1.82, 2.24) is 0 Å². The van der Waals surface area contributed by atoms with Crippen molar-refractivity contribution >= 4 is 38.9 Å². The van der Waals surface area contributed by atoms with Crippen molar-refractivity contribution in [3.05, 3.63) is 62.1 Å². The van der Waals surface area contributed by atoms with Gasteiger partial charge in [0, 0.05) is 29.2 Å². The molecule has 1 amide bonds. The minimum atomic E-state index is -0.455. The second-order valence-electron chi connectivity index (χ2n) is 6.00. The average molecular weight is 420 g/mol. The number of morpholine rings is 1. The van der Waals surface area contributed by atoms with Gasteiger partial charge in [-0.2, -0.15) is 0 Å². The van der Waals surface area contributed by atoms with Crippen LogP contribution in [0.3, 0.4) is 0 Å². The number of rotatable bonds is 4. The summed E-state index contributed by atoms with van der Waals surface area (Å²) in [5.41, 5.74) is 2.33. The van der Waals surface area contributed by atoms with Gasteiger partial charge in [-0.05, 0) is 52.7 Å². The first-order valence-corrected chi connectivity index (χ1v) is 8.93. The fourth-order valence-corrected chi connectivity index (χ4v) is 3.39. The number of halogens is 1. The number of aryl methyl sites for hydroxylation is 1. The average Bonchev–Trinajstić information content (AvgIpc) is 2.64. The number of ether oxygens (including phenoxy) is 1. The maximum atomic E-state index is 12.5. The smallest absolute Gasteiger partial charge is 0.293 e. The third-order valence-corrected chi connectivity index (χ3v) is 4.81. The monoisotopic (exact) mass is 419 g/mol. The molecule has 8 heteroatoms. The first-order chi connectivity index (χ1) is 12.5. The maximum absolute atomic E-state index is 12.5. The molecule has 1 N–H and O–H groups in total. The summed E-state index contributed by atoms with van der Waals surface area (Å²) < 4.78 is 6.04.